The van der Waals surface area contributed by atoms with Crippen molar-refractivity contribution in [3.8, 4) is 5.75 Å². The summed E-state index contributed by atoms with van der Waals surface area (Å²) >= 11 is 12.3. The largest absolute Gasteiger partial charge is 0.489 e. The summed E-state index contributed by atoms with van der Waals surface area (Å²) in [6.45, 7) is 1.62. The quantitative estimate of drug-likeness (QED) is 0.360. The molecule has 2 heterocycles. The Morgan fingerprint density at radius 3 is 2.61 bits per heavy atom. The number of carbonyl (C=O) groups is 1. The maximum atomic E-state index is 14.1. The first-order valence-electron chi connectivity index (χ1n) is 9.62. The molecule has 170 valence electrons. The van der Waals surface area contributed by atoms with Crippen LogP contribution in [0.4, 0.5) is 14.6 Å². The fourth-order valence-electron chi connectivity index (χ4n) is 3.00. The summed E-state index contributed by atoms with van der Waals surface area (Å²) in [7, 11) is 0. The van der Waals surface area contributed by atoms with Gasteiger partial charge in [0.25, 0.3) is 5.91 Å². The second kappa shape index (κ2) is 9.60. The van der Waals surface area contributed by atoms with Gasteiger partial charge in [-0.05, 0) is 43.3 Å². The monoisotopic (exact) mass is 492 g/mol. The third kappa shape index (κ3) is 5.15. The van der Waals surface area contributed by atoms with E-state index in [-0.39, 0.29) is 40.3 Å². The number of rotatable bonds is 7. The highest BCUT2D eigenvalue weighted by atomic mass is 35.5. The average Bonchev–Trinajstić information content (AvgIpc) is 3.32. The van der Waals surface area contributed by atoms with Crippen molar-refractivity contribution in [2.75, 3.05) is 5.32 Å². The van der Waals surface area contributed by atoms with Gasteiger partial charge in [0.05, 0.1) is 12.1 Å². The zero-order chi connectivity index (χ0) is 23.5. The summed E-state index contributed by atoms with van der Waals surface area (Å²) in [4.78, 5) is 12.8. The van der Waals surface area contributed by atoms with Gasteiger partial charge in [0, 0.05) is 16.8 Å². The molecule has 1 N–H and O–H groups in total. The normalized spacial score (nSPS) is 10.9. The van der Waals surface area contributed by atoms with Crippen molar-refractivity contribution in [2.45, 2.75) is 20.1 Å². The van der Waals surface area contributed by atoms with Gasteiger partial charge < -0.3 is 14.6 Å². The van der Waals surface area contributed by atoms with E-state index in [0.29, 0.717) is 17.1 Å². The third-order valence-corrected chi connectivity index (χ3v) is 5.36. The lowest BCUT2D eigenvalue weighted by Gasteiger charge is -2.07. The molecule has 0 aliphatic heterocycles. The molecule has 0 saturated heterocycles. The van der Waals surface area contributed by atoms with E-state index in [1.807, 2.05) is 0 Å². The standard InChI is InChI=1S/C22H16Cl2F2N4O3/c1-12-16(11-32-14-7-5-13(25)6-8-14)20(29-33-12)22(31)27-21-18(24)10-30(28-21)9-15-17(23)3-2-4-19(15)26/h2-8,10H,9,11H2,1H3,(H,27,28,31). The molecule has 0 saturated carbocycles. The van der Waals surface area contributed by atoms with Crippen LogP contribution in [0.2, 0.25) is 10.0 Å². The van der Waals surface area contributed by atoms with Crippen LogP contribution in [0.3, 0.4) is 0 Å². The number of halogens is 4. The molecule has 4 rings (SSSR count). The van der Waals surface area contributed by atoms with Crippen molar-refractivity contribution in [3.05, 3.63) is 92.9 Å². The summed E-state index contributed by atoms with van der Waals surface area (Å²) in [6, 6.07) is 9.80. The SMILES string of the molecule is Cc1onc(C(=O)Nc2nn(Cc3c(F)cccc3Cl)cc2Cl)c1COc1ccc(F)cc1. The molecule has 0 atom stereocenters. The number of anilines is 1. The fourth-order valence-corrected chi connectivity index (χ4v) is 3.42. The van der Waals surface area contributed by atoms with Crippen LogP contribution < -0.4 is 10.1 Å². The van der Waals surface area contributed by atoms with E-state index in [2.05, 4.69) is 15.6 Å². The molecule has 11 heteroatoms. The van der Waals surface area contributed by atoms with Gasteiger partial charge >= 0.3 is 0 Å². The van der Waals surface area contributed by atoms with Crippen molar-refractivity contribution in [3.63, 3.8) is 0 Å². The van der Waals surface area contributed by atoms with E-state index in [0.717, 1.165) is 0 Å². The lowest BCUT2D eigenvalue weighted by molar-refractivity contribution is 0.101. The van der Waals surface area contributed by atoms with Crippen molar-refractivity contribution in [2.24, 2.45) is 0 Å². The van der Waals surface area contributed by atoms with Crippen LogP contribution in [0.25, 0.3) is 0 Å². The molecule has 0 bridgehead atoms. The van der Waals surface area contributed by atoms with Crippen LogP contribution in [0.5, 0.6) is 5.75 Å². The molecule has 0 radical (unpaired) electrons. The maximum absolute atomic E-state index is 14.1. The summed E-state index contributed by atoms with van der Waals surface area (Å²) in [5, 5.41) is 10.9. The summed E-state index contributed by atoms with van der Waals surface area (Å²) in [5.41, 5.74) is 0.631. The highest BCUT2D eigenvalue weighted by molar-refractivity contribution is 6.33. The Bertz CT molecular complexity index is 1290. The maximum Gasteiger partial charge on any atom is 0.279 e. The van der Waals surface area contributed by atoms with Gasteiger partial charge in [-0.15, -0.1) is 0 Å². The number of aryl methyl sites for hydroxylation is 1. The van der Waals surface area contributed by atoms with Crippen LogP contribution >= 0.6 is 23.2 Å². The van der Waals surface area contributed by atoms with Gasteiger partial charge in [-0.25, -0.2) is 8.78 Å². The number of amides is 1. The Kier molecular flexibility index (Phi) is 6.62. The number of carbonyl (C=O) groups excluding carboxylic acids is 1. The second-order valence-corrected chi connectivity index (χ2v) is 7.80. The summed E-state index contributed by atoms with van der Waals surface area (Å²) < 4.78 is 39.2. The minimum Gasteiger partial charge on any atom is -0.489 e. The molecule has 2 aromatic heterocycles. The van der Waals surface area contributed by atoms with Crippen LogP contribution in [0.15, 0.2) is 53.2 Å². The van der Waals surface area contributed by atoms with E-state index in [1.54, 1.807) is 13.0 Å². The number of nitrogens with one attached hydrogen (secondary N) is 1. The van der Waals surface area contributed by atoms with Crippen molar-refractivity contribution in [1.82, 2.24) is 14.9 Å². The number of hydrogen-bond acceptors (Lipinski definition) is 5. The van der Waals surface area contributed by atoms with Crippen LogP contribution in [-0.4, -0.2) is 20.8 Å². The number of aromatic nitrogens is 3. The van der Waals surface area contributed by atoms with Crippen LogP contribution in [0.1, 0.15) is 27.4 Å². The third-order valence-electron chi connectivity index (χ3n) is 4.73. The predicted octanol–water partition coefficient (Wildman–Crippen LogP) is 5.64. The highest BCUT2D eigenvalue weighted by Gasteiger charge is 2.22. The number of benzene rings is 2. The number of nitrogens with zero attached hydrogens (tertiary/aromatic N) is 3. The molecule has 7 nitrogen and oxygen atoms in total. The first kappa shape index (κ1) is 22.8. The van der Waals surface area contributed by atoms with E-state index < -0.39 is 17.5 Å². The first-order valence-corrected chi connectivity index (χ1v) is 10.4. The minimum atomic E-state index is -0.624. The zero-order valence-corrected chi connectivity index (χ0v) is 18.6. The first-order chi connectivity index (χ1) is 15.8. The molecule has 0 unspecified atom stereocenters. The van der Waals surface area contributed by atoms with Gasteiger partial charge in [-0.2, -0.15) is 5.10 Å². The number of hydrogen-bond donors (Lipinski definition) is 1. The zero-order valence-electron chi connectivity index (χ0n) is 17.1. The highest BCUT2D eigenvalue weighted by Crippen LogP contribution is 2.25. The van der Waals surface area contributed by atoms with E-state index >= 15 is 0 Å². The van der Waals surface area contributed by atoms with Crippen molar-refractivity contribution >= 4 is 34.9 Å². The van der Waals surface area contributed by atoms with Gasteiger partial charge in [0.1, 0.15) is 34.8 Å². The fraction of sp³-hybridized carbons (Fsp3) is 0.136. The molecule has 0 aliphatic carbocycles. The van der Waals surface area contributed by atoms with Gasteiger partial charge in [-0.1, -0.05) is 34.4 Å². The second-order valence-electron chi connectivity index (χ2n) is 6.99. The van der Waals surface area contributed by atoms with Crippen molar-refractivity contribution in [1.29, 1.82) is 0 Å². The Morgan fingerprint density at radius 1 is 1.12 bits per heavy atom. The lowest BCUT2D eigenvalue weighted by Crippen LogP contribution is -2.16. The van der Waals surface area contributed by atoms with Gasteiger partial charge in [0.15, 0.2) is 11.5 Å². The van der Waals surface area contributed by atoms with Crippen LogP contribution in [0, 0.1) is 18.6 Å². The molecule has 0 fully saturated rings. The molecule has 0 aliphatic rings. The topological polar surface area (TPSA) is 82.2 Å². The summed E-state index contributed by atoms with van der Waals surface area (Å²) in [5.74, 6) is -0.647. The Hall–Kier alpha value is -3.43. The molecule has 1 amide bonds. The Balaban J connectivity index is 1.48. The van der Waals surface area contributed by atoms with E-state index in [4.69, 9.17) is 32.5 Å². The molecule has 0 spiro atoms. The van der Waals surface area contributed by atoms with E-state index in [9.17, 15) is 13.6 Å². The van der Waals surface area contributed by atoms with Crippen LogP contribution in [-0.2, 0) is 13.2 Å². The predicted molar refractivity (Wildman–Crippen MR) is 118 cm³/mol. The smallest absolute Gasteiger partial charge is 0.279 e. The lowest BCUT2D eigenvalue weighted by atomic mass is 10.2. The van der Waals surface area contributed by atoms with E-state index in [1.165, 1.54) is 47.3 Å². The minimum absolute atomic E-state index is 0.0148. The molecule has 33 heavy (non-hydrogen) atoms. The average molecular weight is 493 g/mol. The molecular weight excluding hydrogens is 477 g/mol. The number of ether oxygens (including phenoxy) is 1. The Morgan fingerprint density at radius 2 is 1.88 bits per heavy atom. The summed E-state index contributed by atoms with van der Waals surface area (Å²) in [6.07, 6.45) is 1.44. The Labute approximate surface area is 196 Å². The van der Waals surface area contributed by atoms with Gasteiger partial charge in [-0.3, -0.25) is 9.48 Å². The molecule has 4 aromatic rings. The molecular formula is C22H16Cl2F2N4O3. The van der Waals surface area contributed by atoms with Crippen molar-refractivity contribution < 1.29 is 22.8 Å². The molecule has 2 aromatic carbocycles. The van der Waals surface area contributed by atoms with Gasteiger partial charge in [0.2, 0.25) is 0 Å².